The van der Waals surface area contributed by atoms with Gasteiger partial charge in [0, 0.05) is 22.1 Å². The van der Waals surface area contributed by atoms with Crippen LogP contribution in [-0.4, -0.2) is 19.0 Å². The summed E-state index contributed by atoms with van der Waals surface area (Å²) < 4.78 is 6.78. The van der Waals surface area contributed by atoms with Gasteiger partial charge in [0.2, 0.25) is 0 Å². The fourth-order valence-electron chi connectivity index (χ4n) is 1.96. The molecule has 1 atom stereocenters. The highest BCUT2D eigenvalue weighted by Crippen LogP contribution is 2.19. The monoisotopic (exact) mass is 412 g/mol. The third-order valence-corrected chi connectivity index (χ3v) is 4.24. The van der Waals surface area contributed by atoms with Crippen LogP contribution in [0.15, 0.2) is 53.0 Å². The molecule has 0 heterocycles. The Labute approximate surface area is 157 Å². The molecule has 0 saturated carbocycles. The average Bonchev–Trinajstić information content (AvgIpc) is 2.59. The Balaban J connectivity index is 0.00000288. The minimum atomic E-state index is -0.114. The molecule has 130 valence electrons. The van der Waals surface area contributed by atoms with Gasteiger partial charge in [-0.1, -0.05) is 47.1 Å². The van der Waals surface area contributed by atoms with Crippen molar-refractivity contribution in [3.8, 4) is 5.75 Å². The third-order valence-electron chi connectivity index (χ3n) is 3.46. The summed E-state index contributed by atoms with van der Waals surface area (Å²) in [6, 6.07) is 15.1. The number of nitrogens with one attached hydrogen (secondary N) is 1. The molecule has 0 fully saturated rings. The number of ether oxygens (including phenoxy) is 1. The van der Waals surface area contributed by atoms with Crippen LogP contribution in [0.3, 0.4) is 0 Å². The highest BCUT2D eigenvalue weighted by molar-refractivity contribution is 9.10. The predicted molar refractivity (Wildman–Crippen MR) is 103 cm³/mol. The van der Waals surface area contributed by atoms with Crippen LogP contribution < -0.4 is 15.8 Å². The molecule has 0 aliphatic heterocycles. The van der Waals surface area contributed by atoms with Crippen LogP contribution in [-0.2, 0) is 6.61 Å². The van der Waals surface area contributed by atoms with Gasteiger partial charge in [-0.15, -0.1) is 12.4 Å². The molecule has 3 N–H and O–H groups in total. The van der Waals surface area contributed by atoms with Crippen LogP contribution >= 0.6 is 28.3 Å². The summed E-state index contributed by atoms with van der Waals surface area (Å²) in [5, 5.41) is 2.88. The number of carbonyl (C=O) groups excluding carboxylic acids is 1. The second-order valence-corrected chi connectivity index (χ2v) is 6.31. The van der Waals surface area contributed by atoms with Gasteiger partial charge in [0.25, 0.3) is 5.91 Å². The molecule has 0 saturated heterocycles. The van der Waals surface area contributed by atoms with E-state index in [1.807, 2.05) is 43.3 Å². The van der Waals surface area contributed by atoms with Crippen molar-refractivity contribution in [2.45, 2.75) is 13.5 Å². The highest BCUT2D eigenvalue weighted by atomic mass is 79.9. The number of nitrogens with two attached hydrogens (primary N) is 1. The summed E-state index contributed by atoms with van der Waals surface area (Å²) in [5.74, 6) is 0.811. The molecular weight excluding hydrogens is 392 g/mol. The second kappa shape index (κ2) is 10.3. The lowest BCUT2D eigenvalue weighted by atomic mass is 10.1. The molecule has 0 spiro atoms. The Morgan fingerprint density at radius 3 is 2.71 bits per heavy atom. The van der Waals surface area contributed by atoms with E-state index in [2.05, 4.69) is 21.2 Å². The smallest absolute Gasteiger partial charge is 0.251 e. The van der Waals surface area contributed by atoms with E-state index in [4.69, 9.17) is 10.5 Å². The van der Waals surface area contributed by atoms with E-state index in [-0.39, 0.29) is 24.2 Å². The molecule has 0 aromatic heterocycles. The Morgan fingerprint density at radius 1 is 1.25 bits per heavy atom. The average molecular weight is 414 g/mol. The third kappa shape index (κ3) is 6.15. The number of hydrogen-bond acceptors (Lipinski definition) is 3. The first-order chi connectivity index (χ1) is 11.1. The topological polar surface area (TPSA) is 64.3 Å². The number of hydrogen-bond donors (Lipinski definition) is 2. The van der Waals surface area contributed by atoms with Gasteiger partial charge in [-0.25, -0.2) is 0 Å². The van der Waals surface area contributed by atoms with Crippen molar-refractivity contribution in [2.24, 2.45) is 11.7 Å². The summed E-state index contributed by atoms with van der Waals surface area (Å²) in [7, 11) is 0. The van der Waals surface area contributed by atoms with E-state index >= 15 is 0 Å². The van der Waals surface area contributed by atoms with Gasteiger partial charge in [-0.05, 0) is 36.7 Å². The second-order valence-electron chi connectivity index (χ2n) is 5.46. The number of benzene rings is 2. The number of halogens is 2. The Kier molecular flexibility index (Phi) is 8.82. The van der Waals surface area contributed by atoms with Gasteiger partial charge in [-0.3, -0.25) is 4.79 Å². The van der Waals surface area contributed by atoms with E-state index in [9.17, 15) is 4.79 Å². The summed E-state index contributed by atoms with van der Waals surface area (Å²) in [4.78, 5) is 12.1. The Morgan fingerprint density at radius 2 is 2.00 bits per heavy atom. The predicted octanol–water partition coefficient (Wildman–Crippen LogP) is 3.77. The lowest BCUT2D eigenvalue weighted by Gasteiger charge is -2.11. The van der Waals surface area contributed by atoms with Crippen molar-refractivity contribution in [3.05, 3.63) is 64.1 Å². The SMILES string of the molecule is CC(CN)CNC(=O)c1cccc(OCc2ccccc2Br)c1.Cl. The largest absolute Gasteiger partial charge is 0.489 e. The quantitative estimate of drug-likeness (QED) is 0.726. The lowest BCUT2D eigenvalue weighted by Crippen LogP contribution is -2.31. The maximum absolute atomic E-state index is 12.1. The van der Waals surface area contributed by atoms with Crippen LogP contribution in [0.1, 0.15) is 22.8 Å². The van der Waals surface area contributed by atoms with Crippen molar-refractivity contribution < 1.29 is 9.53 Å². The van der Waals surface area contributed by atoms with Crippen molar-refractivity contribution in [1.29, 1.82) is 0 Å². The molecule has 4 nitrogen and oxygen atoms in total. The van der Waals surface area contributed by atoms with Crippen LogP contribution in [0.5, 0.6) is 5.75 Å². The molecular formula is C18H22BrClN2O2. The normalized spacial score (nSPS) is 11.3. The Hall–Kier alpha value is -1.56. The van der Waals surface area contributed by atoms with Crippen LogP contribution in [0.25, 0.3) is 0 Å². The molecule has 0 aliphatic carbocycles. The fraction of sp³-hybridized carbons (Fsp3) is 0.278. The van der Waals surface area contributed by atoms with Crippen LogP contribution in [0.2, 0.25) is 0 Å². The van der Waals surface area contributed by atoms with Gasteiger partial charge in [0.05, 0.1) is 0 Å². The van der Waals surface area contributed by atoms with Crippen molar-refractivity contribution in [3.63, 3.8) is 0 Å². The number of rotatable bonds is 7. The van der Waals surface area contributed by atoms with Gasteiger partial charge < -0.3 is 15.8 Å². The summed E-state index contributed by atoms with van der Waals surface area (Å²) in [6.45, 7) is 3.56. The molecule has 1 amide bonds. The van der Waals surface area contributed by atoms with E-state index in [1.54, 1.807) is 12.1 Å². The van der Waals surface area contributed by atoms with Crippen molar-refractivity contribution in [2.75, 3.05) is 13.1 Å². The van der Waals surface area contributed by atoms with Crippen LogP contribution in [0.4, 0.5) is 0 Å². The van der Waals surface area contributed by atoms with Gasteiger partial charge >= 0.3 is 0 Å². The Bertz CT molecular complexity index is 667. The number of carbonyl (C=O) groups is 1. The first-order valence-electron chi connectivity index (χ1n) is 7.54. The first kappa shape index (κ1) is 20.5. The maximum Gasteiger partial charge on any atom is 0.251 e. The van der Waals surface area contributed by atoms with Crippen molar-refractivity contribution in [1.82, 2.24) is 5.32 Å². The van der Waals surface area contributed by atoms with Gasteiger partial charge in [-0.2, -0.15) is 0 Å². The first-order valence-corrected chi connectivity index (χ1v) is 8.34. The van der Waals surface area contributed by atoms with Crippen LogP contribution in [0, 0.1) is 5.92 Å². The zero-order chi connectivity index (χ0) is 16.7. The minimum absolute atomic E-state index is 0. The summed E-state index contributed by atoms with van der Waals surface area (Å²) in [6.07, 6.45) is 0. The maximum atomic E-state index is 12.1. The van der Waals surface area contributed by atoms with E-state index < -0.39 is 0 Å². The molecule has 6 heteroatoms. The molecule has 0 radical (unpaired) electrons. The fourth-order valence-corrected chi connectivity index (χ4v) is 2.36. The molecule has 0 aliphatic rings. The molecule has 2 aromatic carbocycles. The molecule has 1 unspecified atom stereocenters. The molecule has 2 rings (SSSR count). The van der Waals surface area contributed by atoms with E-state index in [0.717, 1.165) is 10.0 Å². The molecule has 0 bridgehead atoms. The summed E-state index contributed by atoms with van der Waals surface area (Å²) in [5.41, 5.74) is 7.19. The highest BCUT2D eigenvalue weighted by Gasteiger charge is 2.08. The zero-order valence-corrected chi connectivity index (χ0v) is 15.9. The lowest BCUT2D eigenvalue weighted by molar-refractivity contribution is 0.0948. The minimum Gasteiger partial charge on any atom is -0.489 e. The standard InChI is InChI=1S/C18H21BrN2O2.ClH/c1-13(10-20)11-21-18(22)14-6-4-7-16(9-14)23-12-15-5-2-3-8-17(15)19;/h2-9,13H,10-12,20H2,1H3,(H,21,22);1H. The molecule has 24 heavy (non-hydrogen) atoms. The van der Waals surface area contributed by atoms with Gasteiger partial charge in [0.15, 0.2) is 0 Å². The van der Waals surface area contributed by atoms with Gasteiger partial charge in [0.1, 0.15) is 12.4 Å². The molecule has 2 aromatic rings. The summed E-state index contributed by atoms with van der Waals surface area (Å²) >= 11 is 3.49. The number of amides is 1. The van der Waals surface area contributed by atoms with Crippen molar-refractivity contribution >= 4 is 34.2 Å². The van der Waals surface area contributed by atoms with E-state index in [0.29, 0.717) is 31.0 Å². The zero-order valence-electron chi connectivity index (χ0n) is 13.5. The van der Waals surface area contributed by atoms with E-state index in [1.165, 1.54) is 0 Å².